The van der Waals surface area contributed by atoms with Crippen LogP contribution in [0.15, 0.2) is 54.6 Å². The van der Waals surface area contributed by atoms with Gasteiger partial charge in [-0.25, -0.2) is 4.79 Å². The zero-order valence-electron chi connectivity index (χ0n) is 15.3. The normalized spacial score (nSPS) is 10.3. The second kappa shape index (κ2) is 8.76. The topological polar surface area (TPSA) is 113 Å². The van der Waals surface area contributed by atoms with Crippen LogP contribution in [0.4, 0.5) is 21.2 Å². The lowest BCUT2D eigenvalue weighted by atomic mass is 10.2. The van der Waals surface area contributed by atoms with Gasteiger partial charge in [-0.3, -0.25) is 9.59 Å². The van der Waals surface area contributed by atoms with E-state index in [1.807, 2.05) is 0 Å². The van der Waals surface area contributed by atoms with Crippen LogP contribution in [0.25, 0.3) is 0 Å². The Balaban J connectivity index is 1.73. The number of thiophene rings is 1. The van der Waals surface area contributed by atoms with Gasteiger partial charge in [0.15, 0.2) is 0 Å². The van der Waals surface area contributed by atoms with E-state index < -0.39 is 6.03 Å². The molecule has 2 aromatic carbocycles. The number of carbonyl (C=O) groups excluding carboxylic acids is 3. The van der Waals surface area contributed by atoms with E-state index in [0.29, 0.717) is 37.4 Å². The van der Waals surface area contributed by atoms with Crippen LogP contribution in [0.1, 0.15) is 25.6 Å². The third-order valence-corrected chi connectivity index (χ3v) is 5.35. The Morgan fingerprint density at radius 2 is 1.59 bits per heavy atom. The molecule has 29 heavy (non-hydrogen) atoms. The highest BCUT2D eigenvalue weighted by molar-refractivity contribution is 7.18. The van der Waals surface area contributed by atoms with Crippen molar-refractivity contribution in [3.05, 3.63) is 75.6 Å². The number of rotatable bonds is 5. The standard InChI is InChI=1S/C20H17ClN4O3S/c1-11-9-16(25-18(26)14-7-2-3-8-15(14)21)29-17(11)19(27)23-12-5-4-6-13(10-12)24-20(22)28/h2-10H,1H3,(H,23,27)(H,25,26)(H3,22,24,28). The molecule has 5 N–H and O–H groups in total. The molecule has 1 heterocycles. The molecule has 0 radical (unpaired) electrons. The van der Waals surface area contributed by atoms with Crippen LogP contribution in [0.5, 0.6) is 0 Å². The summed E-state index contributed by atoms with van der Waals surface area (Å²) in [7, 11) is 0. The molecule has 3 rings (SSSR count). The molecule has 0 bridgehead atoms. The molecule has 0 unspecified atom stereocenters. The second-order valence-electron chi connectivity index (χ2n) is 6.08. The van der Waals surface area contributed by atoms with Gasteiger partial charge in [-0.05, 0) is 48.9 Å². The number of anilines is 3. The van der Waals surface area contributed by atoms with Crippen molar-refractivity contribution in [2.75, 3.05) is 16.0 Å². The highest BCUT2D eigenvalue weighted by Crippen LogP contribution is 2.29. The number of benzene rings is 2. The Hall–Kier alpha value is -3.36. The molecule has 0 saturated heterocycles. The molecule has 0 aliphatic carbocycles. The minimum absolute atomic E-state index is 0.332. The molecule has 148 valence electrons. The third kappa shape index (κ3) is 5.13. The molecule has 4 amide bonds. The van der Waals surface area contributed by atoms with Gasteiger partial charge in [0.25, 0.3) is 11.8 Å². The number of primary amides is 1. The number of aryl methyl sites for hydroxylation is 1. The average Bonchev–Trinajstić information content (AvgIpc) is 3.02. The van der Waals surface area contributed by atoms with Crippen molar-refractivity contribution >= 4 is 57.2 Å². The molecule has 0 saturated carbocycles. The number of hydrogen-bond acceptors (Lipinski definition) is 4. The highest BCUT2D eigenvalue weighted by Gasteiger charge is 2.17. The lowest BCUT2D eigenvalue weighted by molar-refractivity contribution is 0.102. The minimum atomic E-state index is -0.693. The summed E-state index contributed by atoms with van der Waals surface area (Å²) in [5, 5.41) is 8.85. The Morgan fingerprint density at radius 1 is 0.897 bits per heavy atom. The number of halogens is 1. The maximum Gasteiger partial charge on any atom is 0.316 e. The van der Waals surface area contributed by atoms with Crippen molar-refractivity contribution in [2.45, 2.75) is 6.92 Å². The largest absolute Gasteiger partial charge is 0.351 e. The fraction of sp³-hybridized carbons (Fsp3) is 0.0500. The van der Waals surface area contributed by atoms with Crippen LogP contribution in [-0.4, -0.2) is 17.8 Å². The molecule has 0 spiro atoms. The number of nitrogens with two attached hydrogens (primary N) is 1. The smallest absolute Gasteiger partial charge is 0.316 e. The van der Waals surface area contributed by atoms with E-state index in [-0.39, 0.29) is 11.8 Å². The van der Waals surface area contributed by atoms with Gasteiger partial charge in [-0.2, -0.15) is 0 Å². The van der Waals surface area contributed by atoms with Gasteiger partial charge in [-0.15, -0.1) is 11.3 Å². The summed E-state index contributed by atoms with van der Waals surface area (Å²) in [6, 6.07) is 14.4. The van der Waals surface area contributed by atoms with E-state index in [1.165, 1.54) is 0 Å². The first kappa shape index (κ1) is 20.4. The van der Waals surface area contributed by atoms with Gasteiger partial charge in [0.05, 0.1) is 20.5 Å². The van der Waals surface area contributed by atoms with Gasteiger partial charge < -0.3 is 21.7 Å². The van der Waals surface area contributed by atoms with Crippen LogP contribution in [0.2, 0.25) is 5.02 Å². The number of amides is 4. The number of carbonyl (C=O) groups is 3. The van der Waals surface area contributed by atoms with Gasteiger partial charge in [0.1, 0.15) is 0 Å². The van der Waals surface area contributed by atoms with Gasteiger partial charge >= 0.3 is 6.03 Å². The molecule has 0 fully saturated rings. The molecule has 9 heteroatoms. The van der Waals surface area contributed by atoms with Crippen LogP contribution in [0.3, 0.4) is 0 Å². The van der Waals surface area contributed by atoms with Crippen LogP contribution in [-0.2, 0) is 0 Å². The van der Waals surface area contributed by atoms with Gasteiger partial charge in [0, 0.05) is 11.4 Å². The summed E-state index contributed by atoms with van der Waals surface area (Å²) in [5.74, 6) is -0.684. The summed E-state index contributed by atoms with van der Waals surface area (Å²) >= 11 is 7.20. The van der Waals surface area contributed by atoms with Crippen LogP contribution >= 0.6 is 22.9 Å². The summed E-state index contributed by atoms with van der Waals surface area (Å²) in [6.45, 7) is 1.78. The van der Waals surface area contributed by atoms with E-state index in [1.54, 1.807) is 61.5 Å². The van der Waals surface area contributed by atoms with Crippen molar-refractivity contribution in [2.24, 2.45) is 5.73 Å². The first-order chi connectivity index (χ1) is 13.8. The Morgan fingerprint density at radius 3 is 2.28 bits per heavy atom. The van der Waals surface area contributed by atoms with E-state index in [9.17, 15) is 14.4 Å². The van der Waals surface area contributed by atoms with Gasteiger partial charge in [-0.1, -0.05) is 29.8 Å². The van der Waals surface area contributed by atoms with Crippen molar-refractivity contribution in [3.63, 3.8) is 0 Å². The zero-order chi connectivity index (χ0) is 21.0. The molecule has 0 atom stereocenters. The first-order valence-corrected chi connectivity index (χ1v) is 9.67. The molecule has 1 aromatic heterocycles. The van der Waals surface area contributed by atoms with Crippen LogP contribution < -0.4 is 21.7 Å². The van der Waals surface area contributed by atoms with Crippen molar-refractivity contribution in [1.82, 2.24) is 0 Å². The Kier molecular flexibility index (Phi) is 6.16. The predicted octanol–water partition coefficient (Wildman–Crippen LogP) is 4.71. The third-order valence-electron chi connectivity index (χ3n) is 3.87. The van der Waals surface area contributed by atoms with Crippen LogP contribution in [0, 0.1) is 6.92 Å². The van der Waals surface area contributed by atoms with E-state index in [0.717, 1.165) is 11.3 Å². The number of nitrogens with one attached hydrogen (secondary N) is 3. The fourth-order valence-corrected chi connectivity index (χ4v) is 3.78. The summed E-state index contributed by atoms with van der Waals surface area (Å²) < 4.78 is 0. The minimum Gasteiger partial charge on any atom is -0.351 e. The summed E-state index contributed by atoms with van der Waals surface area (Å²) in [6.07, 6.45) is 0. The van der Waals surface area contributed by atoms with Crippen molar-refractivity contribution < 1.29 is 14.4 Å². The SMILES string of the molecule is Cc1cc(NC(=O)c2ccccc2Cl)sc1C(=O)Nc1cccc(NC(N)=O)c1. The molecule has 0 aliphatic heterocycles. The molecule has 0 aliphatic rings. The highest BCUT2D eigenvalue weighted by atomic mass is 35.5. The average molecular weight is 429 g/mol. The first-order valence-electron chi connectivity index (χ1n) is 8.47. The molecular formula is C20H17ClN4O3S. The lowest BCUT2D eigenvalue weighted by Crippen LogP contribution is -2.19. The fourth-order valence-electron chi connectivity index (χ4n) is 2.60. The Labute approximate surface area is 175 Å². The maximum atomic E-state index is 12.6. The molecule has 7 nitrogen and oxygen atoms in total. The second-order valence-corrected chi connectivity index (χ2v) is 7.54. The number of urea groups is 1. The zero-order valence-corrected chi connectivity index (χ0v) is 16.9. The summed E-state index contributed by atoms with van der Waals surface area (Å²) in [4.78, 5) is 36.5. The predicted molar refractivity (Wildman–Crippen MR) is 116 cm³/mol. The van der Waals surface area contributed by atoms with Crippen molar-refractivity contribution in [3.8, 4) is 0 Å². The Bertz CT molecular complexity index is 1100. The quantitative estimate of drug-likeness (QED) is 0.472. The van der Waals surface area contributed by atoms with Crippen molar-refractivity contribution in [1.29, 1.82) is 0 Å². The monoisotopic (exact) mass is 428 g/mol. The lowest BCUT2D eigenvalue weighted by Gasteiger charge is -2.07. The molecular weight excluding hydrogens is 412 g/mol. The van der Waals surface area contributed by atoms with E-state index in [4.69, 9.17) is 17.3 Å². The number of hydrogen-bond donors (Lipinski definition) is 4. The maximum absolute atomic E-state index is 12.6. The van der Waals surface area contributed by atoms with E-state index in [2.05, 4.69) is 16.0 Å². The van der Waals surface area contributed by atoms with E-state index >= 15 is 0 Å². The molecule has 3 aromatic rings. The summed E-state index contributed by atoms with van der Waals surface area (Å²) in [5.41, 5.74) is 7.13. The van der Waals surface area contributed by atoms with Gasteiger partial charge in [0.2, 0.25) is 0 Å².